The van der Waals surface area contributed by atoms with Crippen LogP contribution >= 0.6 is 0 Å². The third-order valence-corrected chi connectivity index (χ3v) is 2.79. The van der Waals surface area contributed by atoms with Crippen molar-refractivity contribution in [3.05, 3.63) is 0 Å². The van der Waals surface area contributed by atoms with Crippen LogP contribution in [0.3, 0.4) is 0 Å². The molecule has 1 heterocycles. The number of rotatable bonds is 6. The maximum absolute atomic E-state index is 9.16. The van der Waals surface area contributed by atoms with E-state index >= 15 is 0 Å². The summed E-state index contributed by atoms with van der Waals surface area (Å²) in [6.45, 7) is 5.54. The van der Waals surface area contributed by atoms with E-state index in [9.17, 15) is 0 Å². The molecular weight excluding hydrogens is 232 g/mol. The second-order valence-corrected chi connectivity index (χ2v) is 4.10. The maximum Gasteiger partial charge on any atom is 0.233 e. The van der Waals surface area contributed by atoms with Gasteiger partial charge in [-0.3, -0.25) is 0 Å². The normalized spacial score (nSPS) is 10.3. The Hall–Kier alpha value is -1.63. The molecule has 0 aromatic carbocycles. The van der Waals surface area contributed by atoms with Gasteiger partial charge in [-0.1, -0.05) is 0 Å². The highest BCUT2D eigenvalue weighted by atomic mass is 16.3. The van der Waals surface area contributed by atoms with Crippen LogP contribution in [0.2, 0.25) is 0 Å². The van der Waals surface area contributed by atoms with E-state index in [2.05, 4.69) is 15.0 Å². The van der Waals surface area contributed by atoms with Crippen LogP contribution in [0.1, 0.15) is 13.8 Å². The third kappa shape index (κ3) is 3.19. The molecule has 0 atom stereocenters. The van der Waals surface area contributed by atoms with Crippen LogP contribution in [0.15, 0.2) is 0 Å². The Morgan fingerprint density at radius 2 is 1.11 bits per heavy atom. The predicted octanol–water partition coefficient (Wildman–Crippen LogP) is 0.170. The van der Waals surface area contributed by atoms with Crippen LogP contribution in [0.5, 0.6) is 0 Å². The lowest BCUT2D eigenvalue weighted by molar-refractivity contribution is 0.296. The lowest BCUT2D eigenvalue weighted by Crippen LogP contribution is -2.27. The van der Waals surface area contributed by atoms with Crippen molar-refractivity contribution in [1.82, 2.24) is 15.0 Å². The molecule has 1 N–H and O–H groups in total. The summed E-state index contributed by atoms with van der Waals surface area (Å²) in [6, 6.07) is 0. The molecular formula is C11H22N6O. The summed E-state index contributed by atoms with van der Waals surface area (Å²) in [7, 11) is 5.59. The molecule has 0 fully saturated rings. The minimum absolute atomic E-state index is 0.130. The summed E-state index contributed by atoms with van der Waals surface area (Å²) < 4.78 is 0. The van der Waals surface area contributed by atoms with Crippen molar-refractivity contribution in [3.8, 4) is 0 Å². The third-order valence-electron chi connectivity index (χ3n) is 2.79. The SMILES string of the molecule is CCN(C)c1nc(N(C)CC)nc(N(C)CO)n1. The zero-order chi connectivity index (χ0) is 13.7. The average molecular weight is 254 g/mol. The number of aliphatic hydroxyl groups excluding tert-OH is 1. The lowest BCUT2D eigenvalue weighted by atomic mass is 10.6. The molecule has 7 nitrogen and oxygen atoms in total. The van der Waals surface area contributed by atoms with Crippen molar-refractivity contribution in [1.29, 1.82) is 0 Å². The number of hydrogen-bond donors (Lipinski definition) is 1. The van der Waals surface area contributed by atoms with Crippen LogP contribution in [-0.2, 0) is 0 Å². The minimum Gasteiger partial charge on any atom is -0.376 e. The Morgan fingerprint density at radius 1 is 0.778 bits per heavy atom. The molecule has 0 aliphatic rings. The molecule has 0 unspecified atom stereocenters. The first-order chi connectivity index (χ1) is 8.53. The first-order valence-electron chi connectivity index (χ1n) is 6.03. The molecule has 0 aliphatic carbocycles. The predicted molar refractivity (Wildman–Crippen MR) is 73.2 cm³/mol. The smallest absolute Gasteiger partial charge is 0.233 e. The van der Waals surface area contributed by atoms with Crippen LogP contribution in [0.25, 0.3) is 0 Å². The number of anilines is 3. The molecule has 0 bridgehead atoms. The van der Waals surface area contributed by atoms with E-state index < -0.39 is 0 Å². The van der Waals surface area contributed by atoms with Gasteiger partial charge in [-0.25, -0.2) is 0 Å². The van der Waals surface area contributed by atoms with E-state index in [1.54, 1.807) is 11.9 Å². The van der Waals surface area contributed by atoms with E-state index in [-0.39, 0.29) is 6.73 Å². The Balaban J connectivity index is 3.19. The average Bonchev–Trinajstić information content (AvgIpc) is 2.43. The molecule has 102 valence electrons. The molecule has 0 saturated heterocycles. The number of hydrogen-bond acceptors (Lipinski definition) is 7. The van der Waals surface area contributed by atoms with Crippen molar-refractivity contribution in [2.45, 2.75) is 13.8 Å². The van der Waals surface area contributed by atoms with Crippen molar-refractivity contribution >= 4 is 17.8 Å². The number of aromatic nitrogens is 3. The van der Waals surface area contributed by atoms with Gasteiger partial charge < -0.3 is 19.8 Å². The Kier molecular flexibility index (Phi) is 5.08. The summed E-state index contributed by atoms with van der Waals surface area (Å²) in [5.74, 6) is 1.69. The minimum atomic E-state index is -0.130. The molecule has 1 aromatic rings. The van der Waals surface area contributed by atoms with Gasteiger partial charge in [0.15, 0.2) is 0 Å². The Morgan fingerprint density at radius 3 is 1.39 bits per heavy atom. The largest absolute Gasteiger partial charge is 0.376 e. The second-order valence-electron chi connectivity index (χ2n) is 4.10. The molecule has 18 heavy (non-hydrogen) atoms. The molecule has 0 spiro atoms. The second kappa shape index (κ2) is 6.34. The van der Waals surface area contributed by atoms with E-state index in [4.69, 9.17) is 5.11 Å². The zero-order valence-electron chi connectivity index (χ0n) is 11.8. The van der Waals surface area contributed by atoms with Gasteiger partial charge in [0, 0.05) is 34.2 Å². The summed E-state index contributed by atoms with van der Waals surface area (Å²) in [6.07, 6.45) is 0. The number of nitrogens with zero attached hydrogens (tertiary/aromatic N) is 6. The molecule has 0 aliphatic heterocycles. The fraction of sp³-hybridized carbons (Fsp3) is 0.727. The first kappa shape index (κ1) is 14.4. The monoisotopic (exact) mass is 254 g/mol. The van der Waals surface area contributed by atoms with Gasteiger partial charge in [0.05, 0.1) is 0 Å². The molecule has 0 radical (unpaired) electrons. The fourth-order valence-electron chi connectivity index (χ4n) is 1.20. The van der Waals surface area contributed by atoms with Gasteiger partial charge in [-0.2, -0.15) is 15.0 Å². The Bertz CT molecular complexity index is 316. The van der Waals surface area contributed by atoms with Gasteiger partial charge in [0.2, 0.25) is 17.8 Å². The Labute approximate surface area is 108 Å². The maximum atomic E-state index is 9.16. The van der Waals surface area contributed by atoms with Crippen LogP contribution in [0, 0.1) is 0 Å². The van der Waals surface area contributed by atoms with E-state index in [0.717, 1.165) is 13.1 Å². The fourth-order valence-corrected chi connectivity index (χ4v) is 1.20. The zero-order valence-corrected chi connectivity index (χ0v) is 11.8. The molecule has 0 saturated carbocycles. The standard InChI is InChI=1S/C11H22N6O/c1-6-15(3)9-12-10(16(4)7-2)14-11(13-9)17(5)8-18/h18H,6-8H2,1-5H3. The highest BCUT2D eigenvalue weighted by molar-refractivity contribution is 5.45. The van der Waals surface area contributed by atoms with Crippen molar-refractivity contribution in [2.75, 3.05) is 55.7 Å². The summed E-state index contributed by atoms with van der Waals surface area (Å²) in [5, 5.41) is 9.16. The van der Waals surface area contributed by atoms with Crippen LogP contribution in [0.4, 0.5) is 17.8 Å². The topological polar surface area (TPSA) is 68.6 Å². The molecule has 0 amide bonds. The van der Waals surface area contributed by atoms with Crippen molar-refractivity contribution in [3.63, 3.8) is 0 Å². The van der Waals surface area contributed by atoms with E-state index in [0.29, 0.717) is 17.8 Å². The number of aliphatic hydroxyl groups is 1. The van der Waals surface area contributed by atoms with Gasteiger partial charge in [0.25, 0.3) is 0 Å². The summed E-state index contributed by atoms with van der Waals surface area (Å²) in [4.78, 5) is 18.5. The van der Waals surface area contributed by atoms with Gasteiger partial charge >= 0.3 is 0 Å². The summed E-state index contributed by atoms with van der Waals surface area (Å²) >= 11 is 0. The first-order valence-corrected chi connectivity index (χ1v) is 6.03. The highest BCUT2D eigenvalue weighted by Gasteiger charge is 2.13. The quantitative estimate of drug-likeness (QED) is 0.726. The molecule has 1 rings (SSSR count). The van der Waals surface area contributed by atoms with E-state index in [1.165, 1.54) is 0 Å². The van der Waals surface area contributed by atoms with Crippen molar-refractivity contribution < 1.29 is 5.11 Å². The lowest BCUT2D eigenvalue weighted by Gasteiger charge is -2.22. The van der Waals surface area contributed by atoms with Crippen LogP contribution in [-0.4, -0.2) is 61.0 Å². The van der Waals surface area contributed by atoms with Crippen molar-refractivity contribution in [2.24, 2.45) is 0 Å². The van der Waals surface area contributed by atoms with Crippen LogP contribution < -0.4 is 14.7 Å². The van der Waals surface area contributed by atoms with Gasteiger partial charge in [-0.05, 0) is 13.8 Å². The van der Waals surface area contributed by atoms with Gasteiger partial charge in [-0.15, -0.1) is 0 Å². The van der Waals surface area contributed by atoms with Gasteiger partial charge in [0.1, 0.15) is 6.73 Å². The highest BCUT2D eigenvalue weighted by Crippen LogP contribution is 2.16. The molecule has 7 heteroatoms. The molecule has 1 aromatic heterocycles. The van der Waals surface area contributed by atoms with E-state index in [1.807, 2.05) is 37.7 Å². The summed E-state index contributed by atoms with van der Waals surface area (Å²) in [5.41, 5.74) is 0.